The van der Waals surface area contributed by atoms with Gasteiger partial charge in [0, 0.05) is 19.6 Å². The van der Waals surface area contributed by atoms with Crippen LogP contribution in [0.1, 0.15) is 42.4 Å². The summed E-state index contributed by atoms with van der Waals surface area (Å²) in [5.74, 6) is 0.699. The molecule has 1 heteroatoms. The number of aryl methyl sites for hydroxylation is 1. The molecule has 0 amide bonds. The lowest BCUT2D eigenvalue weighted by Gasteiger charge is -2.31. The summed E-state index contributed by atoms with van der Waals surface area (Å²) in [4.78, 5) is 2.63. The molecule has 1 aliphatic heterocycles. The Hall–Kier alpha value is -2.12. The minimum atomic E-state index is 0.699. The van der Waals surface area contributed by atoms with Crippen LogP contribution >= 0.6 is 0 Å². The molecule has 0 saturated carbocycles. The fraction of sp³-hybridized carbons (Fsp3) is 0.360. The van der Waals surface area contributed by atoms with Gasteiger partial charge < -0.3 is 0 Å². The normalized spacial score (nSPS) is 21.2. The van der Waals surface area contributed by atoms with E-state index in [-0.39, 0.29) is 0 Å². The van der Waals surface area contributed by atoms with E-state index in [1.165, 1.54) is 61.0 Å². The van der Waals surface area contributed by atoms with Crippen LogP contribution in [-0.2, 0) is 0 Å². The third kappa shape index (κ3) is 3.99. The molecule has 1 nitrogen and oxygen atoms in total. The highest BCUT2D eigenvalue weighted by molar-refractivity contribution is 5.69. The van der Waals surface area contributed by atoms with Crippen LogP contribution in [0, 0.1) is 12.8 Å². The van der Waals surface area contributed by atoms with Crippen molar-refractivity contribution in [3.05, 3.63) is 83.4 Å². The minimum Gasteiger partial charge on any atom is -0.299 e. The molecule has 0 unspecified atom stereocenters. The van der Waals surface area contributed by atoms with Gasteiger partial charge >= 0.3 is 0 Å². The maximum Gasteiger partial charge on any atom is 0.0169 e. The van der Waals surface area contributed by atoms with E-state index in [9.17, 15) is 0 Å². The van der Waals surface area contributed by atoms with Crippen LogP contribution in [0.5, 0.6) is 0 Å². The fourth-order valence-electron chi connectivity index (χ4n) is 4.43. The standard InChI is InChI=1S/C25H29N/c1-20-8-5-6-13-25(20)24-12-7-9-21(18-24)19-26-16-14-23(15-17-26)22-10-3-2-4-11-22/h2-6,8,10-11,13-14,18,21H,7,9,12,15-17,19H2,1H3/t21-/m1/s1. The lowest BCUT2D eigenvalue weighted by atomic mass is 9.85. The van der Waals surface area contributed by atoms with Crippen molar-refractivity contribution in [1.82, 2.24) is 4.90 Å². The Morgan fingerprint density at radius 3 is 2.50 bits per heavy atom. The first-order valence-corrected chi connectivity index (χ1v) is 10.0. The highest BCUT2D eigenvalue weighted by Crippen LogP contribution is 2.32. The Balaban J connectivity index is 1.41. The molecule has 0 spiro atoms. The van der Waals surface area contributed by atoms with E-state index in [1.807, 2.05) is 0 Å². The third-order valence-corrected chi connectivity index (χ3v) is 5.88. The van der Waals surface area contributed by atoms with E-state index in [0.717, 1.165) is 6.54 Å². The highest BCUT2D eigenvalue weighted by atomic mass is 15.1. The Morgan fingerprint density at radius 1 is 0.923 bits per heavy atom. The Kier molecular flexibility index (Phi) is 5.36. The second kappa shape index (κ2) is 8.05. The molecule has 2 aromatic carbocycles. The van der Waals surface area contributed by atoms with E-state index in [0.29, 0.717) is 5.92 Å². The van der Waals surface area contributed by atoms with Crippen molar-refractivity contribution in [1.29, 1.82) is 0 Å². The number of hydrogen-bond donors (Lipinski definition) is 0. The summed E-state index contributed by atoms with van der Waals surface area (Å²) in [6.45, 7) is 5.72. The van der Waals surface area contributed by atoms with Gasteiger partial charge in [0.25, 0.3) is 0 Å². The molecule has 1 heterocycles. The zero-order valence-corrected chi connectivity index (χ0v) is 15.8. The van der Waals surface area contributed by atoms with Gasteiger partial charge in [-0.1, -0.05) is 66.7 Å². The van der Waals surface area contributed by atoms with Crippen LogP contribution in [0.2, 0.25) is 0 Å². The molecular formula is C25H29N. The van der Waals surface area contributed by atoms with Crippen LogP contribution in [0.25, 0.3) is 11.1 Å². The van der Waals surface area contributed by atoms with Gasteiger partial charge in [-0.2, -0.15) is 0 Å². The maximum atomic E-state index is 2.63. The van der Waals surface area contributed by atoms with Crippen LogP contribution < -0.4 is 0 Å². The zero-order chi connectivity index (χ0) is 17.8. The molecule has 0 saturated heterocycles. The first-order chi connectivity index (χ1) is 12.8. The summed E-state index contributed by atoms with van der Waals surface area (Å²) in [7, 11) is 0. The second-order valence-corrected chi connectivity index (χ2v) is 7.76. The predicted molar refractivity (Wildman–Crippen MR) is 112 cm³/mol. The highest BCUT2D eigenvalue weighted by Gasteiger charge is 2.20. The van der Waals surface area contributed by atoms with Crippen molar-refractivity contribution in [2.24, 2.45) is 5.92 Å². The lowest BCUT2D eigenvalue weighted by Crippen LogP contribution is -2.33. The molecule has 0 aromatic heterocycles. The molecule has 0 N–H and O–H groups in total. The van der Waals surface area contributed by atoms with Gasteiger partial charge in [0.2, 0.25) is 0 Å². The van der Waals surface area contributed by atoms with Crippen molar-refractivity contribution in [2.75, 3.05) is 19.6 Å². The number of nitrogens with zero attached hydrogens (tertiary/aromatic N) is 1. The number of benzene rings is 2. The zero-order valence-electron chi connectivity index (χ0n) is 15.8. The third-order valence-electron chi connectivity index (χ3n) is 5.88. The van der Waals surface area contributed by atoms with E-state index in [4.69, 9.17) is 0 Å². The number of rotatable bonds is 4. The van der Waals surface area contributed by atoms with Crippen molar-refractivity contribution in [2.45, 2.75) is 32.6 Å². The molecule has 4 rings (SSSR count). The van der Waals surface area contributed by atoms with Gasteiger partial charge in [-0.05, 0) is 66.4 Å². The quantitative estimate of drug-likeness (QED) is 0.661. The van der Waals surface area contributed by atoms with Crippen molar-refractivity contribution < 1.29 is 0 Å². The van der Waals surface area contributed by atoms with Gasteiger partial charge in [-0.15, -0.1) is 0 Å². The first kappa shape index (κ1) is 17.3. The Morgan fingerprint density at radius 2 is 1.73 bits per heavy atom. The smallest absolute Gasteiger partial charge is 0.0169 e. The van der Waals surface area contributed by atoms with Crippen LogP contribution in [-0.4, -0.2) is 24.5 Å². The van der Waals surface area contributed by atoms with Gasteiger partial charge in [0.15, 0.2) is 0 Å². The SMILES string of the molecule is Cc1ccccc1C1=C[C@H](CN2CC=C(c3ccccc3)CC2)CCC1. The van der Waals surface area contributed by atoms with Gasteiger partial charge in [-0.25, -0.2) is 0 Å². The van der Waals surface area contributed by atoms with E-state index < -0.39 is 0 Å². The molecule has 1 atom stereocenters. The molecule has 0 radical (unpaired) electrons. The summed E-state index contributed by atoms with van der Waals surface area (Å²) in [6.07, 6.45) is 10.1. The molecule has 0 fully saturated rings. The summed E-state index contributed by atoms with van der Waals surface area (Å²) >= 11 is 0. The Labute approximate surface area is 158 Å². The largest absolute Gasteiger partial charge is 0.299 e. The molecule has 26 heavy (non-hydrogen) atoms. The lowest BCUT2D eigenvalue weighted by molar-refractivity contribution is 0.262. The first-order valence-electron chi connectivity index (χ1n) is 10.0. The molecule has 134 valence electrons. The van der Waals surface area contributed by atoms with Crippen molar-refractivity contribution >= 4 is 11.1 Å². The minimum absolute atomic E-state index is 0.699. The maximum absolute atomic E-state index is 2.63. The molecule has 2 aromatic rings. The molecule has 2 aliphatic rings. The summed E-state index contributed by atoms with van der Waals surface area (Å²) in [6, 6.07) is 19.7. The summed E-state index contributed by atoms with van der Waals surface area (Å²) < 4.78 is 0. The summed E-state index contributed by atoms with van der Waals surface area (Å²) in [5, 5.41) is 0. The average Bonchev–Trinajstić information content (AvgIpc) is 2.70. The van der Waals surface area contributed by atoms with Gasteiger partial charge in [-0.3, -0.25) is 4.90 Å². The summed E-state index contributed by atoms with van der Waals surface area (Å²) in [5.41, 5.74) is 7.35. The van der Waals surface area contributed by atoms with Crippen LogP contribution in [0.15, 0.2) is 66.7 Å². The van der Waals surface area contributed by atoms with E-state index in [2.05, 4.69) is 78.6 Å². The van der Waals surface area contributed by atoms with E-state index >= 15 is 0 Å². The van der Waals surface area contributed by atoms with Crippen LogP contribution in [0.3, 0.4) is 0 Å². The Bertz CT molecular complexity index is 800. The number of allylic oxidation sites excluding steroid dienone is 1. The van der Waals surface area contributed by atoms with Gasteiger partial charge in [0.05, 0.1) is 0 Å². The van der Waals surface area contributed by atoms with Crippen molar-refractivity contribution in [3.63, 3.8) is 0 Å². The van der Waals surface area contributed by atoms with Gasteiger partial charge in [0.1, 0.15) is 0 Å². The molecule has 1 aliphatic carbocycles. The second-order valence-electron chi connectivity index (χ2n) is 7.76. The average molecular weight is 344 g/mol. The number of hydrogen-bond acceptors (Lipinski definition) is 1. The fourth-order valence-corrected chi connectivity index (χ4v) is 4.43. The topological polar surface area (TPSA) is 3.24 Å². The van der Waals surface area contributed by atoms with Crippen LogP contribution in [0.4, 0.5) is 0 Å². The molecular weight excluding hydrogens is 314 g/mol. The molecule has 0 bridgehead atoms. The van der Waals surface area contributed by atoms with E-state index in [1.54, 1.807) is 5.57 Å². The monoisotopic (exact) mass is 343 g/mol. The van der Waals surface area contributed by atoms with Crippen molar-refractivity contribution in [3.8, 4) is 0 Å². The predicted octanol–water partition coefficient (Wildman–Crippen LogP) is 5.97.